The monoisotopic (exact) mass is 490 g/mol. The Balaban J connectivity index is 1.43. The minimum Gasteiger partial charge on any atom is -0.396 e. The molecule has 7 N–H and O–H groups in total. The number of amides is 5. The topological polar surface area (TPSA) is 180 Å². The molecule has 0 saturated carbocycles. The van der Waals surface area contributed by atoms with Gasteiger partial charge < -0.3 is 41.1 Å². The van der Waals surface area contributed by atoms with Crippen molar-refractivity contribution in [3.8, 4) is 0 Å². The number of rotatable bonds is 5. The fourth-order valence-electron chi connectivity index (χ4n) is 6.39. The van der Waals surface area contributed by atoms with E-state index < -0.39 is 23.8 Å². The van der Waals surface area contributed by atoms with Crippen LogP contribution in [-0.4, -0.2) is 125 Å². The predicted molar refractivity (Wildman–Crippen MR) is 125 cm³/mol. The van der Waals surface area contributed by atoms with Crippen LogP contribution in [0.15, 0.2) is 0 Å². The molecule has 0 radical (unpaired) electrons. The molecular formula is C21H34N10O4. The number of hydrogen-bond acceptors (Lipinski definition) is 6. The van der Waals surface area contributed by atoms with Crippen LogP contribution in [0.1, 0.15) is 25.7 Å². The van der Waals surface area contributed by atoms with Crippen molar-refractivity contribution in [2.24, 2.45) is 5.92 Å². The molecule has 5 rings (SSSR count). The highest BCUT2D eigenvalue weighted by Gasteiger charge is 2.66. The Kier molecular flexibility index (Phi) is 5.85. The maximum absolute atomic E-state index is 13.0. The van der Waals surface area contributed by atoms with Crippen LogP contribution in [0.2, 0.25) is 0 Å². The fourth-order valence-corrected chi connectivity index (χ4v) is 6.39. The molecule has 5 unspecified atom stereocenters. The van der Waals surface area contributed by atoms with Crippen LogP contribution >= 0.6 is 0 Å². The van der Waals surface area contributed by atoms with Gasteiger partial charge in [0, 0.05) is 39.2 Å². The van der Waals surface area contributed by atoms with E-state index in [4.69, 9.17) is 10.8 Å². The van der Waals surface area contributed by atoms with Crippen LogP contribution in [-0.2, 0) is 4.79 Å². The lowest BCUT2D eigenvalue weighted by atomic mass is 9.79. The molecule has 14 nitrogen and oxygen atoms in total. The van der Waals surface area contributed by atoms with Crippen LogP contribution in [0, 0.1) is 16.7 Å². The Morgan fingerprint density at radius 3 is 2.60 bits per heavy atom. The first-order valence-corrected chi connectivity index (χ1v) is 12.2. The van der Waals surface area contributed by atoms with Crippen LogP contribution in [0.4, 0.5) is 9.59 Å². The highest BCUT2D eigenvalue weighted by molar-refractivity contribution is 6.02. The van der Waals surface area contributed by atoms with Gasteiger partial charge in [-0.05, 0) is 25.7 Å². The molecule has 5 aliphatic rings. The molecule has 5 fully saturated rings. The second-order valence-electron chi connectivity index (χ2n) is 10.0. The van der Waals surface area contributed by atoms with Crippen LogP contribution in [0.25, 0.3) is 0 Å². The number of carbonyl (C=O) groups is 3. The van der Waals surface area contributed by atoms with Crippen molar-refractivity contribution < 1.29 is 19.5 Å². The summed E-state index contributed by atoms with van der Waals surface area (Å²) in [5.74, 6) is -0.503. The molecule has 0 aliphatic carbocycles. The fraction of sp³-hybridized carbons (Fsp3) is 0.762. The second-order valence-corrected chi connectivity index (χ2v) is 10.0. The third-order valence-electron chi connectivity index (χ3n) is 7.97. The van der Waals surface area contributed by atoms with Gasteiger partial charge in [0.2, 0.25) is 5.91 Å². The minimum absolute atomic E-state index is 0.00414. The average Bonchev–Trinajstić information content (AvgIpc) is 3.42. The number of nitrogens with zero attached hydrogens (tertiary/aromatic N) is 4. The lowest BCUT2D eigenvalue weighted by Crippen LogP contribution is -2.77. The van der Waals surface area contributed by atoms with Gasteiger partial charge in [0.25, 0.3) is 0 Å². The Hall–Kier alpha value is -3.29. The number of nitrogens with one attached hydrogen (secondary N) is 6. The summed E-state index contributed by atoms with van der Waals surface area (Å²) in [5.41, 5.74) is -0.982. The summed E-state index contributed by atoms with van der Waals surface area (Å²) in [4.78, 5) is 44.1. The maximum Gasteiger partial charge on any atom is 0.327 e. The summed E-state index contributed by atoms with van der Waals surface area (Å²) in [6.07, 6.45) is 3.39. The molecule has 0 aromatic carbocycles. The molecule has 1 spiro atoms. The number of likely N-dealkylation sites (N-methyl/N-ethyl adjacent to an activating group) is 1. The van der Waals surface area contributed by atoms with E-state index in [-0.39, 0.29) is 55.5 Å². The van der Waals surface area contributed by atoms with E-state index >= 15 is 0 Å². The minimum atomic E-state index is -0.982. The van der Waals surface area contributed by atoms with Gasteiger partial charge in [-0.2, -0.15) is 0 Å². The van der Waals surface area contributed by atoms with Crippen molar-refractivity contribution in [3.05, 3.63) is 0 Å². The molecule has 5 saturated heterocycles. The number of guanidine groups is 2. The van der Waals surface area contributed by atoms with Gasteiger partial charge in [-0.15, -0.1) is 0 Å². The highest BCUT2D eigenvalue weighted by atomic mass is 16.3. The van der Waals surface area contributed by atoms with E-state index in [1.807, 2.05) is 4.90 Å². The number of imide groups is 1. The van der Waals surface area contributed by atoms with E-state index in [1.54, 1.807) is 11.9 Å². The number of piperidine rings is 1. The summed E-state index contributed by atoms with van der Waals surface area (Å²) >= 11 is 0. The van der Waals surface area contributed by atoms with Crippen molar-refractivity contribution in [3.63, 3.8) is 0 Å². The maximum atomic E-state index is 13.0. The normalized spacial score (nSPS) is 34.5. The molecule has 0 aromatic heterocycles. The van der Waals surface area contributed by atoms with E-state index in [9.17, 15) is 19.5 Å². The van der Waals surface area contributed by atoms with Crippen molar-refractivity contribution >= 4 is 29.9 Å². The molecular weight excluding hydrogens is 456 g/mol. The molecule has 5 aliphatic heterocycles. The van der Waals surface area contributed by atoms with Gasteiger partial charge in [-0.1, -0.05) is 0 Å². The van der Waals surface area contributed by atoms with Crippen molar-refractivity contribution in [2.75, 3.05) is 46.4 Å². The van der Waals surface area contributed by atoms with Crippen molar-refractivity contribution in [2.45, 2.75) is 49.5 Å². The van der Waals surface area contributed by atoms with E-state index in [0.29, 0.717) is 26.1 Å². The largest absolute Gasteiger partial charge is 0.396 e. The zero-order valence-corrected chi connectivity index (χ0v) is 19.8. The SMILES string of the molecule is CN1CC(=O)N(CC2NC(=N)N3CC(NC(=O)N4CCCCC4)C(CCO)C34NC(=N)NC24)C1=O. The standard InChI is InChI=1S/C21H34N10O4/c1-28-11-15(33)30(20(28)35)9-14-16-21(27-17(22)26-16)12(5-8-32)13(10-31(21)18(23)24-14)25-19(34)29-6-3-2-4-7-29/h12-14,16,32H,2-11H2,1H3,(H2,23,24)(H,25,34)(H3,22,26,27). The molecule has 0 bridgehead atoms. The van der Waals surface area contributed by atoms with E-state index in [1.165, 1.54) is 9.80 Å². The van der Waals surface area contributed by atoms with Crippen molar-refractivity contribution in [1.82, 2.24) is 40.9 Å². The number of carbonyl (C=O) groups excluding carboxylic acids is 3. The Bertz CT molecular complexity index is 939. The van der Waals surface area contributed by atoms with Gasteiger partial charge in [-0.3, -0.25) is 20.5 Å². The molecule has 14 heteroatoms. The highest BCUT2D eigenvalue weighted by Crippen LogP contribution is 2.43. The Morgan fingerprint density at radius 2 is 1.94 bits per heavy atom. The average molecular weight is 491 g/mol. The number of urea groups is 2. The summed E-state index contributed by atoms with van der Waals surface area (Å²) in [5, 5.41) is 39.7. The lowest BCUT2D eigenvalue weighted by Gasteiger charge is -2.51. The molecule has 35 heavy (non-hydrogen) atoms. The molecule has 5 atom stereocenters. The summed E-state index contributed by atoms with van der Waals surface area (Å²) in [7, 11) is 1.56. The second kappa shape index (κ2) is 8.73. The zero-order chi connectivity index (χ0) is 24.9. The summed E-state index contributed by atoms with van der Waals surface area (Å²) in [6, 6.07) is -1.97. The van der Waals surface area contributed by atoms with Crippen LogP contribution in [0.5, 0.6) is 0 Å². The summed E-state index contributed by atoms with van der Waals surface area (Å²) in [6.45, 7) is 1.64. The van der Waals surface area contributed by atoms with Gasteiger partial charge in [0.1, 0.15) is 12.2 Å². The molecule has 192 valence electrons. The van der Waals surface area contributed by atoms with Gasteiger partial charge >= 0.3 is 12.1 Å². The lowest BCUT2D eigenvalue weighted by molar-refractivity contribution is -0.125. The van der Waals surface area contributed by atoms with Gasteiger partial charge in [-0.25, -0.2) is 9.59 Å². The predicted octanol–water partition coefficient (Wildman–Crippen LogP) is -2.14. The van der Waals surface area contributed by atoms with Gasteiger partial charge in [0.15, 0.2) is 11.9 Å². The quantitative estimate of drug-likeness (QED) is 0.213. The zero-order valence-electron chi connectivity index (χ0n) is 19.8. The third kappa shape index (κ3) is 3.70. The van der Waals surface area contributed by atoms with Crippen LogP contribution < -0.4 is 21.3 Å². The van der Waals surface area contributed by atoms with E-state index in [2.05, 4.69) is 21.3 Å². The number of likely N-dealkylation sites (tertiary alicyclic amines) is 1. The number of aliphatic hydroxyl groups is 1. The van der Waals surface area contributed by atoms with Crippen molar-refractivity contribution in [1.29, 1.82) is 10.8 Å². The van der Waals surface area contributed by atoms with E-state index in [0.717, 1.165) is 19.3 Å². The number of hydrogen-bond donors (Lipinski definition) is 7. The first kappa shape index (κ1) is 23.5. The smallest absolute Gasteiger partial charge is 0.327 e. The Labute approximate surface area is 203 Å². The number of aliphatic hydroxyl groups excluding tert-OH is 1. The first-order chi connectivity index (χ1) is 16.8. The van der Waals surface area contributed by atoms with Gasteiger partial charge in [0.05, 0.1) is 24.7 Å². The Morgan fingerprint density at radius 1 is 1.20 bits per heavy atom. The molecule has 5 amide bonds. The molecule has 5 heterocycles. The van der Waals surface area contributed by atoms with Crippen LogP contribution in [0.3, 0.4) is 0 Å². The molecule has 0 aromatic rings. The first-order valence-electron chi connectivity index (χ1n) is 12.2. The third-order valence-corrected chi connectivity index (χ3v) is 7.97. The summed E-state index contributed by atoms with van der Waals surface area (Å²) < 4.78 is 0.